The Labute approximate surface area is 310 Å². The molecule has 4 aliphatic rings. The molecule has 51 heavy (non-hydrogen) atoms. The van der Waals surface area contributed by atoms with Crippen molar-refractivity contribution in [1.29, 1.82) is 0 Å². The molecule has 272 valence electrons. The molecule has 0 bridgehead atoms. The van der Waals surface area contributed by atoms with E-state index in [1.54, 1.807) is 5.56 Å². The van der Waals surface area contributed by atoms with Gasteiger partial charge >= 0.3 is 0 Å². The fourth-order valence-corrected chi connectivity index (χ4v) is 7.72. The molecule has 0 fully saturated rings. The van der Waals surface area contributed by atoms with Crippen molar-refractivity contribution in [3.8, 4) is 0 Å². The molecule has 0 N–H and O–H groups in total. The average Bonchev–Trinajstić information content (AvgIpc) is 3.60. The van der Waals surface area contributed by atoms with Gasteiger partial charge in [0.15, 0.2) is 0 Å². The highest BCUT2D eigenvalue weighted by molar-refractivity contribution is 5.60. The number of nitrogens with zero attached hydrogens (tertiary/aromatic N) is 4. The summed E-state index contributed by atoms with van der Waals surface area (Å²) in [7, 11) is 0. The molecule has 0 atom stereocenters. The number of hydrogen-bond acceptors (Lipinski definition) is 4. The first-order chi connectivity index (χ1) is 24.6. The summed E-state index contributed by atoms with van der Waals surface area (Å²) in [6, 6.07) is 37.4. The van der Waals surface area contributed by atoms with E-state index in [0.717, 1.165) is 13.0 Å². The summed E-state index contributed by atoms with van der Waals surface area (Å²) in [5, 5.41) is 0. The topological polar surface area (TPSA) is 13.0 Å². The maximum absolute atomic E-state index is 2.53. The lowest BCUT2D eigenvalue weighted by Crippen LogP contribution is -2.35. The van der Waals surface area contributed by atoms with Crippen LogP contribution in [0.15, 0.2) is 109 Å². The minimum absolute atomic E-state index is 0.540. The van der Waals surface area contributed by atoms with Gasteiger partial charge in [0, 0.05) is 73.6 Å². The molecular weight excluding hydrogens is 621 g/mol. The van der Waals surface area contributed by atoms with Crippen molar-refractivity contribution >= 4 is 17.1 Å². The number of fused-ring (bicyclic) bond motifs is 4. The first-order valence-corrected chi connectivity index (χ1v) is 19.7. The lowest BCUT2D eigenvalue weighted by molar-refractivity contribution is 0.203. The largest absolute Gasteiger partial charge is 0.369 e. The van der Waals surface area contributed by atoms with Gasteiger partial charge in [-0.1, -0.05) is 84.9 Å². The van der Waals surface area contributed by atoms with Crippen LogP contribution in [-0.2, 0) is 32.2 Å². The van der Waals surface area contributed by atoms with Crippen LogP contribution in [0.1, 0.15) is 89.6 Å². The van der Waals surface area contributed by atoms with E-state index in [1.165, 1.54) is 84.6 Å². The summed E-state index contributed by atoms with van der Waals surface area (Å²) < 4.78 is 0. The van der Waals surface area contributed by atoms with Crippen LogP contribution in [-0.4, -0.2) is 48.7 Å². The molecule has 4 aromatic carbocycles. The number of rotatable bonds is 4. The smallest absolute Gasteiger partial charge is 0.0444 e. The highest BCUT2D eigenvalue weighted by atomic mass is 15.2. The second-order valence-electron chi connectivity index (χ2n) is 15.5. The molecular formula is C47H64N4. The van der Waals surface area contributed by atoms with Gasteiger partial charge in [-0.25, -0.2) is 0 Å². The van der Waals surface area contributed by atoms with Gasteiger partial charge in [0.2, 0.25) is 0 Å². The molecule has 8 rings (SSSR count). The first kappa shape index (κ1) is 38.2. The minimum atomic E-state index is 0.540. The van der Waals surface area contributed by atoms with Gasteiger partial charge < -0.3 is 14.7 Å². The van der Waals surface area contributed by atoms with Crippen LogP contribution in [0.2, 0.25) is 0 Å². The number of para-hydroxylation sites is 3. The normalized spacial score (nSPS) is 16.0. The maximum atomic E-state index is 2.53. The summed E-state index contributed by atoms with van der Waals surface area (Å²) in [5.41, 5.74) is 11.8. The van der Waals surface area contributed by atoms with Crippen LogP contribution in [0, 0.1) is 0 Å². The van der Waals surface area contributed by atoms with Crippen LogP contribution in [0.25, 0.3) is 0 Å². The fraction of sp³-hybridized carbons (Fsp3) is 0.447. The van der Waals surface area contributed by atoms with Crippen molar-refractivity contribution in [3.63, 3.8) is 0 Å². The zero-order chi connectivity index (χ0) is 36.3. The molecule has 4 aromatic rings. The van der Waals surface area contributed by atoms with Crippen molar-refractivity contribution in [3.05, 3.63) is 137 Å². The Morgan fingerprint density at radius 1 is 0.431 bits per heavy atom. The van der Waals surface area contributed by atoms with E-state index in [4.69, 9.17) is 0 Å². The van der Waals surface area contributed by atoms with E-state index in [-0.39, 0.29) is 0 Å². The van der Waals surface area contributed by atoms with Crippen LogP contribution >= 0.6 is 0 Å². The zero-order valence-electron chi connectivity index (χ0n) is 32.9. The predicted molar refractivity (Wildman–Crippen MR) is 222 cm³/mol. The lowest BCUT2D eigenvalue weighted by atomic mass is 9.99. The number of anilines is 3. The molecule has 0 saturated carbocycles. The Kier molecular flexibility index (Phi) is 13.8. The van der Waals surface area contributed by atoms with Gasteiger partial charge in [0.25, 0.3) is 0 Å². The third-order valence-corrected chi connectivity index (χ3v) is 10.6. The number of hydrogen-bond donors (Lipinski definition) is 0. The first-order valence-electron chi connectivity index (χ1n) is 19.7. The Bertz CT molecular complexity index is 1690. The van der Waals surface area contributed by atoms with Crippen molar-refractivity contribution in [2.45, 2.75) is 118 Å². The number of benzene rings is 4. The van der Waals surface area contributed by atoms with Gasteiger partial charge in [-0.3, -0.25) is 4.90 Å². The second-order valence-corrected chi connectivity index (χ2v) is 15.5. The van der Waals surface area contributed by atoms with E-state index in [0.29, 0.717) is 24.2 Å². The highest BCUT2D eigenvalue weighted by Gasteiger charge is 2.20. The van der Waals surface area contributed by atoms with Gasteiger partial charge in [-0.15, -0.1) is 0 Å². The molecule has 4 heterocycles. The summed E-state index contributed by atoms with van der Waals surface area (Å²) in [6.07, 6.45) is 10.5. The third kappa shape index (κ3) is 10.1. The summed E-state index contributed by atoms with van der Waals surface area (Å²) in [6.45, 7) is 22.8. The molecule has 0 amide bonds. The van der Waals surface area contributed by atoms with E-state index in [9.17, 15) is 0 Å². The quantitative estimate of drug-likeness (QED) is 0.212. The second kappa shape index (κ2) is 18.5. The predicted octanol–water partition coefficient (Wildman–Crippen LogP) is 10.7. The molecule has 0 radical (unpaired) electrons. The zero-order valence-corrected chi connectivity index (χ0v) is 32.9. The molecule has 0 spiro atoms. The van der Waals surface area contributed by atoms with Gasteiger partial charge in [-0.05, 0) is 134 Å². The van der Waals surface area contributed by atoms with E-state index < -0.39 is 0 Å². The Hall–Kier alpha value is -4.02. The van der Waals surface area contributed by atoms with Crippen molar-refractivity contribution in [1.82, 2.24) is 4.90 Å². The standard InChI is InChI=1S/C12H17N.C12H15N.C12H17N.C11H15N/c2*1-10(2)13-9-5-7-11-6-3-4-8-12(11)13;1-10(2)13-8-7-11-5-3-4-6-12(11)9-13;1-9(2)12-8-7-10-5-3-4-6-11(10)12/h3-4,6,8,10H,5,7,9H2,1-2H3;3-6,8-10H,7H2,1-2H3;3-6,10H,7-9H2,1-2H3;3-6,9H,7-8H2,1-2H3. The van der Waals surface area contributed by atoms with Gasteiger partial charge in [0.1, 0.15) is 0 Å². The average molecular weight is 685 g/mol. The molecule has 0 aromatic heterocycles. The highest BCUT2D eigenvalue weighted by Crippen LogP contribution is 2.30. The Morgan fingerprint density at radius 2 is 0.922 bits per heavy atom. The Morgan fingerprint density at radius 3 is 1.51 bits per heavy atom. The van der Waals surface area contributed by atoms with Crippen molar-refractivity contribution in [2.24, 2.45) is 0 Å². The van der Waals surface area contributed by atoms with Crippen LogP contribution < -0.4 is 14.7 Å². The summed E-state index contributed by atoms with van der Waals surface area (Å²) in [4.78, 5) is 9.81. The van der Waals surface area contributed by atoms with E-state index in [2.05, 4.69) is 184 Å². The van der Waals surface area contributed by atoms with Gasteiger partial charge in [-0.2, -0.15) is 0 Å². The molecule has 0 saturated heterocycles. The molecule has 4 heteroatoms. The summed E-state index contributed by atoms with van der Waals surface area (Å²) >= 11 is 0. The summed E-state index contributed by atoms with van der Waals surface area (Å²) in [5.74, 6) is 0. The maximum Gasteiger partial charge on any atom is 0.0444 e. The Balaban J connectivity index is 0.000000132. The van der Waals surface area contributed by atoms with Crippen molar-refractivity contribution < 1.29 is 0 Å². The number of allylic oxidation sites excluding steroid dienone is 1. The monoisotopic (exact) mass is 685 g/mol. The van der Waals surface area contributed by atoms with Gasteiger partial charge in [0.05, 0.1) is 0 Å². The lowest BCUT2D eigenvalue weighted by Gasteiger charge is -2.34. The van der Waals surface area contributed by atoms with Crippen molar-refractivity contribution in [2.75, 3.05) is 34.3 Å². The van der Waals surface area contributed by atoms with Crippen LogP contribution in [0.4, 0.5) is 17.1 Å². The fourth-order valence-electron chi connectivity index (χ4n) is 7.72. The SMILES string of the molecule is CC(C)N1C=CCc2ccccc21.CC(C)N1CCCc2ccccc21.CC(C)N1CCc2ccccc21.CC(C)N1CCc2ccccc2C1. The minimum Gasteiger partial charge on any atom is -0.369 e. The van der Waals surface area contributed by atoms with E-state index >= 15 is 0 Å². The van der Waals surface area contributed by atoms with Crippen LogP contribution in [0.3, 0.4) is 0 Å². The molecule has 4 aliphatic heterocycles. The third-order valence-electron chi connectivity index (χ3n) is 10.6. The van der Waals surface area contributed by atoms with Crippen LogP contribution in [0.5, 0.6) is 0 Å². The molecule has 0 unspecified atom stereocenters. The molecule has 4 nitrogen and oxygen atoms in total. The molecule has 0 aliphatic carbocycles. The van der Waals surface area contributed by atoms with E-state index in [1.807, 2.05) is 0 Å². The number of aryl methyl sites for hydroxylation is 1.